The van der Waals surface area contributed by atoms with Crippen LogP contribution in [0.2, 0.25) is 0 Å². The molecule has 2 aromatic rings. The Labute approximate surface area is 140 Å². The first-order valence-electron chi connectivity index (χ1n) is 6.94. The molecule has 0 saturated carbocycles. The summed E-state index contributed by atoms with van der Waals surface area (Å²) in [6.45, 7) is 3.27. The van der Waals surface area contributed by atoms with Gasteiger partial charge in [-0.15, -0.1) is 14.9 Å². The lowest BCUT2D eigenvalue weighted by molar-refractivity contribution is -0.137. The third-order valence-corrected chi connectivity index (χ3v) is 4.48. The zero-order valence-electron chi connectivity index (χ0n) is 13.4. The lowest BCUT2D eigenvalue weighted by atomic mass is 10.1. The number of sulfone groups is 1. The molecule has 2 rings (SSSR count). The number of halogens is 3. The number of nitrogens with zero attached hydrogens (tertiary/aromatic N) is 3. The Hall–Kier alpha value is -2.43. The van der Waals surface area contributed by atoms with Gasteiger partial charge in [0, 0.05) is 17.7 Å². The van der Waals surface area contributed by atoms with E-state index in [0.29, 0.717) is 18.4 Å². The Morgan fingerprint density at radius 2 is 1.80 bits per heavy atom. The average Bonchev–Trinajstić information content (AvgIpc) is 2.47. The summed E-state index contributed by atoms with van der Waals surface area (Å²) in [5.41, 5.74) is -3.21. The molecule has 0 bridgehead atoms. The van der Waals surface area contributed by atoms with Crippen LogP contribution >= 0.6 is 0 Å². The van der Waals surface area contributed by atoms with Crippen LogP contribution in [0.1, 0.15) is 31.2 Å². The SMILES string of the molecule is CC(C)c1nnc(-c2ccc(C(F)(F)F)cc2S(C)(=O)=O)c(=O)n1O. The summed E-state index contributed by atoms with van der Waals surface area (Å²) in [5, 5.41) is 17.1. The van der Waals surface area contributed by atoms with Crippen LogP contribution < -0.4 is 5.56 Å². The monoisotopic (exact) mass is 377 g/mol. The van der Waals surface area contributed by atoms with Crippen LogP contribution in [-0.2, 0) is 16.0 Å². The first-order valence-corrected chi connectivity index (χ1v) is 8.83. The van der Waals surface area contributed by atoms with Gasteiger partial charge in [0.25, 0.3) is 0 Å². The second-order valence-corrected chi connectivity index (χ2v) is 7.64. The lowest BCUT2D eigenvalue weighted by Crippen LogP contribution is -2.27. The fourth-order valence-electron chi connectivity index (χ4n) is 2.12. The molecule has 0 atom stereocenters. The topological polar surface area (TPSA) is 102 Å². The molecule has 0 saturated heterocycles. The van der Waals surface area contributed by atoms with Crippen LogP contribution in [0, 0.1) is 0 Å². The molecule has 1 N–H and O–H groups in total. The van der Waals surface area contributed by atoms with Gasteiger partial charge >= 0.3 is 11.7 Å². The van der Waals surface area contributed by atoms with Crippen molar-refractivity contribution in [2.75, 3.05) is 6.26 Å². The first kappa shape index (κ1) is 18.9. The van der Waals surface area contributed by atoms with E-state index in [1.54, 1.807) is 13.8 Å². The van der Waals surface area contributed by atoms with Crippen molar-refractivity contribution in [2.45, 2.75) is 30.8 Å². The largest absolute Gasteiger partial charge is 0.424 e. The third-order valence-electron chi connectivity index (χ3n) is 3.34. The molecule has 1 aromatic heterocycles. The van der Waals surface area contributed by atoms with Gasteiger partial charge in [0.05, 0.1) is 10.5 Å². The van der Waals surface area contributed by atoms with E-state index in [4.69, 9.17) is 0 Å². The summed E-state index contributed by atoms with van der Waals surface area (Å²) in [4.78, 5) is 11.5. The van der Waals surface area contributed by atoms with Gasteiger partial charge in [0.15, 0.2) is 21.4 Å². The summed E-state index contributed by atoms with van der Waals surface area (Å²) in [5.74, 6) is -0.428. The minimum Gasteiger partial charge on any atom is -0.424 e. The highest BCUT2D eigenvalue weighted by Crippen LogP contribution is 2.34. The number of hydrogen-bond donors (Lipinski definition) is 1. The van der Waals surface area contributed by atoms with E-state index < -0.39 is 37.7 Å². The highest BCUT2D eigenvalue weighted by atomic mass is 32.2. The highest BCUT2D eigenvalue weighted by molar-refractivity contribution is 7.90. The number of rotatable bonds is 3. The first-order chi connectivity index (χ1) is 11.3. The summed E-state index contributed by atoms with van der Waals surface area (Å²) in [6.07, 6.45) is -4.05. The van der Waals surface area contributed by atoms with Crippen LogP contribution in [0.25, 0.3) is 11.3 Å². The quantitative estimate of drug-likeness (QED) is 0.822. The van der Waals surface area contributed by atoms with Gasteiger partial charge in [-0.3, -0.25) is 4.79 Å². The molecule has 0 unspecified atom stereocenters. The zero-order valence-corrected chi connectivity index (χ0v) is 14.2. The maximum Gasteiger partial charge on any atom is 0.416 e. The zero-order chi connectivity index (χ0) is 19.2. The highest BCUT2D eigenvalue weighted by Gasteiger charge is 2.33. The summed E-state index contributed by atoms with van der Waals surface area (Å²) >= 11 is 0. The number of benzene rings is 1. The number of alkyl halides is 3. The van der Waals surface area contributed by atoms with Gasteiger partial charge in [0.1, 0.15) is 0 Å². The molecule has 1 heterocycles. The molecule has 0 spiro atoms. The van der Waals surface area contributed by atoms with Gasteiger partial charge in [-0.1, -0.05) is 19.9 Å². The average molecular weight is 377 g/mol. The van der Waals surface area contributed by atoms with Gasteiger partial charge < -0.3 is 5.21 Å². The lowest BCUT2D eigenvalue weighted by Gasteiger charge is -2.13. The van der Waals surface area contributed by atoms with Crippen LogP contribution in [0.5, 0.6) is 0 Å². The number of hydrogen-bond acceptors (Lipinski definition) is 6. The standard InChI is InChI=1S/C14H14F3N3O4S/c1-7(2)12-19-18-11(13(21)20(12)22)9-5-4-8(14(15,16)17)6-10(9)25(3,23)24/h4-7,22H,1-3H3. The molecule has 0 aliphatic carbocycles. The predicted octanol–water partition coefficient (Wildman–Crippen LogP) is 2.09. The fourth-order valence-corrected chi connectivity index (χ4v) is 3.03. The van der Waals surface area contributed by atoms with Crippen molar-refractivity contribution >= 4 is 9.84 Å². The molecule has 0 radical (unpaired) electrons. The third kappa shape index (κ3) is 3.65. The van der Waals surface area contributed by atoms with Gasteiger partial charge in [0.2, 0.25) is 0 Å². The van der Waals surface area contributed by atoms with Crippen LogP contribution in [0.4, 0.5) is 13.2 Å². The Morgan fingerprint density at radius 3 is 2.28 bits per heavy atom. The molecule has 0 aliphatic rings. The maximum atomic E-state index is 12.8. The van der Waals surface area contributed by atoms with E-state index in [2.05, 4.69) is 10.2 Å². The van der Waals surface area contributed by atoms with Gasteiger partial charge in [-0.2, -0.15) is 13.2 Å². The predicted molar refractivity (Wildman–Crippen MR) is 81.1 cm³/mol. The van der Waals surface area contributed by atoms with Crippen LogP contribution in [0.15, 0.2) is 27.9 Å². The molecule has 0 aliphatic heterocycles. The molecule has 136 valence electrons. The van der Waals surface area contributed by atoms with Crippen molar-refractivity contribution in [1.29, 1.82) is 0 Å². The normalized spacial score (nSPS) is 12.6. The molecular formula is C14H14F3N3O4S. The summed E-state index contributed by atoms with van der Waals surface area (Å²) in [7, 11) is -4.12. The van der Waals surface area contributed by atoms with Crippen molar-refractivity contribution in [3.8, 4) is 11.3 Å². The van der Waals surface area contributed by atoms with Crippen molar-refractivity contribution in [2.24, 2.45) is 0 Å². The second-order valence-electron chi connectivity index (χ2n) is 5.66. The van der Waals surface area contributed by atoms with Crippen LogP contribution in [0.3, 0.4) is 0 Å². The molecule has 25 heavy (non-hydrogen) atoms. The van der Waals surface area contributed by atoms with Crippen molar-refractivity contribution < 1.29 is 26.8 Å². The molecule has 11 heteroatoms. The summed E-state index contributed by atoms with van der Waals surface area (Å²) in [6, 6.07) is 1.87. The van der Waals surface area contributed by atoms with Crippen molar-refractivity contribution in [1.82, 2.24) is 14.9 Å². The van der Waals surface area contributed by atoms with E-state index in [0.717, 1.165) is 6.07 Å². The Balaban J connectivity index is 2.81. The molecule has 1 aromatic carbocycles. The van der Waals surface area contributed by atoms with E-state index in [9.17, 15) is 31.6 Å². The van der Waals surface area contributed by atoms with Gasteiger partial charge in [-0.25, -0.2) is 8.42 Å². The smallest absolute Gasteiger partial charge is 0.416 e. The number of aromatic nitrogens is 3. The van der Waals surface area contributed by atoms with Gasteiger partial charge in [-0.05, 0) is 12.1 Å². The molecule has 0 fully saturated rings. The van der Waals surface area contributed by atoms with E-state index in [1.165, 1.54) is 0 Å². The molecular weight excluding hydrogens is 363 g/mol. The fraction of sp³-hybridized carbons (Fsp3) is 0.357. The van der Waals surface area contributed by atoms with E-state index in [-0.39, 0.29) is 22.0 Å². The van der Waals surface area contributed by atoms with E-state index in [1.807, 2.05) is 0 Å². The summed E-state index contributed by atoms with van der Waals surface area (Å²) < 4.78 is 62.5. The molecule has 0 amide bonds. The Kier molecular flexibility index (Phi) is 4.64. The van der Waals surface area contributed by atoms with Crippen molar-refractivity contribution in [3.05, 3.63) is 39.9 Å². The minimum absolute atomic E-state index is 0.0680. The van der Waals surface area contributed by atoms with E-state index >= 15 is 0 Å². The second kappa shape index (κ2) is 6.14. The molecule has 7 nitrogen and oxygen atoms in total. The Bertz CT molecular complexity index is 982. The van der Waals surface area contributed by atoms with Crippen LogP contribution in [-0.4, -0.2) is 34.8 Å². The van der Waals surface area contributed by atoms with Crippen molar-refractivity contribution in [3.63, 3.8) is 0 Å². The Morgan fingerprint density at radius 1 is 1.20 bits per heavy atom. The maximum absolute atomic E-state index is 12.8. The minimum atomic E-state index is -4.76.